The third kappa shape index (κ3) is 5.84. The van der Waals surface area contributed by atoms with Crippen molar-refractivity contribution >= 4 is 33.4 Å². The predicted octanol–water partition coefficient (Wildman–Crippen LogP) is 5.38. The van der Waals surface area contributed by atoms with E-state index in [9.17, 15) is 4.79 Å². The average molecular weight is 411 g/mol. The highest BCUT2D eigenvalue weighted by Gasteiger charge is 2.16. The maximum absolute atomic E-state index is 12.3. The molecule has 128 valence electrons. The zero-order chi connectivity index (χ0) is 17.5. The van der Waals surface area contributed by atoms with Gasteiger partial charge in [0, 0.05) is 5.02 Å². The number of amides is 1. The summed E-state index contributed by atoms with van der Waals surface area (Å²) in [7, 11) is 0. The molecule has 2 aromatic rings. The maximum Gasteiger partial charge on any atom is 0.258 e. The summed E-state index contributed by atoms with van der Waals surface area (Å²) in [6.07, 6.45) is 0.875. The van der Waals surface area contributed by atoms with E-state index in [4.69, 9.17) is 16.3 Å². The topological polar surface area (TPSA) is 38.3 Å². The minimum absolute atomic E-state index is 0.0176. The molecule has 0 saturated carbocycles. The zero-order valence-electron chi connectivity index (χ0n) is 13.8. The van der Waals surface area contributed by atoms with Gasteiger partial charge in [-0.2, -0.15) is 0 Å². The van der Waals surface area contributed by atoms with Gasteiger partial charge in [0.1, 0.15) is 5.75 Å². The van der Waals surface area contributed by atoms with Crippen molar-refractivity contribution in [2.75, 3.05) is 6.61 Å². The van der Waals surface area contributed by atoms with Gasteiger partial charge in [0.25, 0.3) is 5.91 Å². The van der Waals surface area contributed by atoms with E-state index in [1.54, 1.807) is 18.2 Å². The first-order chi connectivity index (χ1) is 11.5. The number of carbonyl (C=O) groups excluding carboxylic acids is 1. The third-order valence-corrected chi connectivity index (χ3v) is 4.35. The third-order valence-electron chi connectivity index (χ3n) is 3.50. The second-order valence-electron chi connectivity index (χ2n) is 6.02. The van der Waals surface area contributed by atoms with E-state index in [-0.39, 0.29) is 18.6 Å². The molecule has 0 unspecified atom stereocenters. The summed E-state index contributed by atoms with van der Waals surface area (Å²) >= 11 is 9.28. The molecule has 24 heavy (non-hydrogen) atoms. The van der Waals surface area contributed by atoms with Gasteiger partial charge in [-0.3, -0.25) is 4.79 Å². The van der Waals surface area contributed by atoms with Crippen LogP contribution in [0.1, 0.15) is 31.9 Å². The Kier molecular flexibility index (Phi) is 7.13. The minimum Gasteiger partial charge on any atom is -0.483 e. The van der Waals surface area contributed by atoms with E-state index in [2.05, 4.69) is 35.1 Å². The van der Waals surface area contributed by atoms with Gasteiger partial charge >= 0.3 is 0 Å². The van der Waals surface area contributed by atoms with E-state index in [1.165, 1.54) is 0 Å². The Hall–Kier alpha value is -1.52. The lowest BCUT2D eigenvalue weighted by Crippen LogP contribution is -2.33. The highest BCUT2D eigenvalue weighted by atomic mass is 79.9. The van der Waals surface area contributed by atoms with Gasteiger partial charge in [-0.15, -0.1) is 0 Å². The van der Waals surface area contributed by atoms with Crippen LogP contribution in [0.15, 0.2) is 53.0 Å². The largest absolute Gasteiger partial charge is 0.483 e. The van der Waals surface area contributed by atoms with Gasteiger partial charge in [0.2, 0.25) is 0 Å². The molecule has 0 fully saturated rings. The van der Waals surface area contributed by atoms with Crippen molar-refractivity contribution in [1.29, 1.82) is 0 Å². The highest BCUT2D eigenvalue weighted by Crippen LogP contribution is 2.28. The van der Waals surface area contributed by atoms with E-state index in [1.807, 2.05) is 30.3 Å². The molecule has 2 aromatic carbocycles. The first kappa shape index (κ1) is 18.8. The molecule has 0 aromatic heterocycles. The van der Waals surface area contributed by atoms with Gasteiger partial charge in [-0.25, -0.2) is 0 Å². The predicted molar refractivity (Wildman–Crippen MR) is 101 cm³/mol. The number of hydrogen-bond donors (Lipinski definition) is 1. The Morgan fingerprint density at radius 1 is 1.21 bits per heavy atom. The fourth-order valence-corrected chi connectivity index (χ4v) is 3.20. The van der Waals surface area contributed by atoms with Crippen LogP contribution in [0.2, 0.25) is 5.02 Å². The van der Waals surface area contributed by atoms with Crippen molar-refractivity contribution in [1.82, 2.24) is 5.32 Å². The number of hydrogen-bond acceptors (Lipinski definition) is 2. The van der Waals surface area contributed by atoms with Crippen molar-refractivity contribution in [3.05, 3.63) is 63.6 Å². The van der Waals surface area contributed by atoms with Crippen molar-refractivity contribution < 1.29 is 9.53 Å². The van der Waals surface area contributed by atoms with Crippen LogP contribution >= 0.6 is 27.5 Å². The van der Waals surface area contributed by atoms with Crippen molar-refractivity contribution in [2.24, 2.45) is 5.92 Å². The fourth-order valence-electron chi connectivity index (χ4n) is 2.41. The van der Waals surface area contributed by atoms with E-state index < -0.39 is 0 Å². The lowest BCUT2D eigenvalue weighted by atomic mass is 9.97. The maximum atomic E-state index is 12.3. The minimum atomic E-state index is -0.147. The van der Waals surface area contributed by atoms with Crippen molar-refractivity contribution in [2.45, 2.75) is 26.3 Å². The summed E-state index contributed by atoms with van der Waals surface area (Å²) < 4.78 is 6.30. The average Bonchev–Trinajstić information content (AvgIpc) is 2.54. The molecule has 1 atom stereocenters. The van der Waals surface area contributed by atoms with Crippen molar-refractivity contribution in [3.63, 3.8) is 0 Å². The first-order valence-corrected chi connectivity index (χ1v) is 9.05. The molecule has 1 N–H and O–H groups in total. The summed E-state index contributed by atoms with van der Waals surface area (Å²) in [5.74, 6) is 0.919. The summed E-state index contributed by atoms with van der Waals surface area (Å²) in [4.78, 5) is 12.3. The monoisotopic (exact) mass is 409 g/mol. The van der Waals surface area contributed by atoms with Gasteiger partial charge < -0.3 is 10.1 Å². The zero-order valence-corrected chi connectivity index (χ0v) is 16.1. The smallest absolute Gasteiger partial charge is 0.258 e. The molecule has 0 heterocycles. The van der Waals surface area contributed by atoms with Crippen LogP contribution < -0.4 is 10.1 Å². The summed E-state index contributed by atoms with van der Waals surface area (Å²) in [6.45, 7) is 4.24. The SMILES string of the molecule is CC(C)C[C@H](NC(=O)COc1ccc(Cl)cc1Br)c1ccccc1. The number of nitrogens with one attached hydrogen (secondary N) is 1. The van der Waals surface area contributed by atoms with E-state index >= 15 is 0 Å². The molecule has 1 amide bonds. The van der Waals surface area contributed by atoms with Crippen LogP contribution in [0.25, 0.3) is 0 Å². The van der Waals surface area contributed by atoms with Crippen LogP contribution in [0, 0.1) is 5.92 Å². The van der Waals surface area contributed by atoms with Crippen LogP contribution in [0.4, 0.5) is 0 Å². The molecule has 0 spiro atoms. The molecule has 0 aliphatic heterocycles. The fraction of sp³-hybridized carbons (Fsp3) is 0.316. The van der Waals surface area contributed by atoms with Gasteiger partial charge in [0.15, 0.2) is 6.61 Å². The highest BCUT2D eigenvalue weighted by molar-refractivity contribution is 9.10. The number of ether oxygens (including phenoxy) is 1. The molecular weight excluding hydrogens is 390 g/mol. The van der Waals surface area contributed by atoms with E-state index in [0.717, 1.165) is 16.5 Å². The van der Waals surface area contributed by atoms with Crippen LogP contribution in [-0.2, 0) is 4.79 Å². The number of benzene rings is 2. The van der Waals surface area contributed by atoms with Crippen LogP contribution in [0.5, 0.6) is 5.75 Å². The standard InChI is InChI=1S/C19H21BrClNO2/c1-13(2)10-17(14-6-4-3-5-7-14)22-19(23)12-24-18-9-8-15(21)11-16(18)20/h3-9,11,13,17H,10,12H2,1-2H3,(H,22,23)/t17-/m0/s1. The molecule has 0 aliphatic carbocycles. The summed E-state index contributed by atoms with van der Waals surface area (Å²) in [5, 5.41) is 3.67. The molecule has 0 radical (unpaired) electrons. The van der Waals surface area contributed by atoms with E-state index in [0.29, 0.717) is 16.7 Å². The Labute approximate surface area is 156 Å². The normalized spacial score (nSPS) is 12.0. The molecule has 0 saturated heterocycles. The van der Waals surface area contributed by atoms with Gasteiger partial charge in [0.05, 0.1) is 10.5 Å². The number of carbonyl (C=O) groups is 1. The lowest BCUT2D eigenvalue weighted by Gasteiger charge is -2.21. The summed E-state index contributed by atoms with van der Waals surface area (Å²) in [5.41, 5.74) is 1.10. The van der Waals surface area contributed by atoms with Gasteiger partial charge in [-0.1, -0.05) is 55.8 Å². The number of halogens is 2. The number of rotatable bonds is 7. The second kappa shape index (κ2) is 9.09. The molecule has 2 rings (SSSR count). The Morgan fingerprint density at radius 3 is 2.54 bits per heavy atom. The molecule has 5 heteroatoms. The molecule has 0 bridgehead atoms. The van der Waals surface area contributed by atoms with Crippen LogP contribution in [0.3, 0.4) is 0 Å². The first-order valence-electron chi connectivity index (χ1n) is 7.88. The molecule has 3 nitrogen and oxygen atoms in total. The van der Waals surface area contributed by atoms with Crippen LogP contribution in [-0.4, -0.2) is 12.5 Å². The Bertz CT molecular complexity index is 676. The Morgan fingerprint density at radius 2 is 1.92 bits per heavy atom. The summed E-state index contributed by atoms with van der Waals surface area (Å²) in [6, 6.07) is 15.2. The Balaban J connectivity index is 1.97. The quantitative estimate of drug-likeness (QED) is 0.665. The van der Waals surface area contributed by atoms with Crippen molar-refractivity contribution in [3.8, 4) is 5.75 Å². The lowest BCUT2D eigenvalue weighted by molar-refractivity contribution is -0.124. The molecular formula is C19H21BrClNO2. The van der Waals surface area contributed by atoms with Gasteiger partial charge in [-0.05, 0) is 52.0 Å². The second-order valence-corrected chi connectivity index (χ2v) is 7.31. The molecule has 0 aliphatic rings.